The first-order valence-electron chi connectivity index (χ1n) is 10.7. The Bertz CT molecular complexity index is 894. The van der Waals surface area contributed by atoms with Crippen molar-refractivity contribution in [3.05, 3.63) is 39.2 Å². The van der Waals surface area contributed by atoms with Gasteiger partial charge in [-0.25, -0.2) is 14.8 Å². The second-order valence-electron chi connectivity index (χ2n) is 7.98. The molecule has 1 N–H and O–H groups in total. The van der Waals surface area contributed by atoms with Crippen molar-refractivity contribution in [2.75, 3.05) is 18.9 Å². The van der Waals surface area contributed by atoms with Crippen LogP contribution in [0.25, 0.3) is 0 Å². The van der Waals surface area contributed by atoms with E-state index >= 15 is 0 Å². The van der Waals surface area contributed by atoms with E-state index in [0.717, 1.165) is 54.9 Å². The summed E-state index contributed by atoms with van der Waals surface area (Å²) in [5, 5.41) is 5.62. The predicted molar refractivity (Wildman–Crippen MR) is 132 cm³/mol. The molecule has 170 valence electrons. The van der Waals surface area contributed by atoms with E-state index in [0.29, 0.717) is 5.82 Å². The van der Waals surface area contributed by atoms with E-state index in [-0.39, 0.29) is 18.5 Å². The van der Waals surface area contributed by atoms with Crippen molar-refractivity contribution in [1.29, 1.82) is 0 Å². The van der Waals surface area contributed by atoms with E-state index in [9.17, 15) is 4.79 Å². The van der Waals surface area contributed by atoms with Crippen molar-refractivity contribution in [1.82, 2.24) is 9.88 Å². The number of nitrogens with zero attached hydrogens (tertiary/aromatic N) is 3. The summed E-state index contributed by atoms with van der Waals surface area (Å²) in [6.45, 7) is 7.21. The lowest BCUT2D eigenvalue weighted by Crippen LogP contribution is -2.24. The van der Waals surface area contributed by atoms with Crippen LogP contribution in [0.3, 0.4) is 0 Å². The van der Waals surface area contributed by atoms with Crippen LogP contribution in [0.15, 0.2) is 22.5 Å². The Morgan fingerprint density at radius 3 is 2.74 bits per heavy atom. The van der Waals surface area contributed by atoms with E-state index in [4.69, 9.17) is 4.74 Å². The molecule has 1 fully saturated rings. The monoisotopic (exact) mass is 464 g/mol. The van der Waals surface area contributed by atoms with Crippen LogP contribution in [0.4, 0.5) is 16.3 Å². The lowest BCUT2D eigenvalue weighted by molar-refractivity contribution is 0.0864. The van der Waals surface area contributed by atoms with Crippen LogP contribution in [0, 0.1) is 13.8 Å². The Hall–Kier alpha value is -2.12. The maximum atomic E-state index is 12.1. The van der Waals surface area contributed by atoms with Crippen molar-refractivity contribution >= 4 is 47.7 Å². The number of carbonyl (C=O) groups excluding carboxylic acids is 1. The van der Waals surface area contributed by atoms with Gasteiger partial charge in [0.25, 0.3) is 0 Å². The first-order chi connectivity index (χ1) is 14.4. The van der Waals surface area contributed by atoms with E-state index in [1.807, 2.05) is 23.7 Å². The van der Waals surface area contributed by atoms with Crippen molar-refractivity contribution in [3.8, 4) is 0 Å². The number of hydrogen-bond donors (Lipinski definition) is 1. The summed E-state index contributed by atoms with van der Waals surface area (Å²) in [5.41, 5.74) is 4.54. The number of nitrogens with one attached hydrogen (secondary N) is 1. The number of thiazole rings is 1. The number of halogens is 1. The van der Waals surface area contributed by atoms with Crippen molar-refractivity contribution < 1.29 is 9.53 Å². The summed E-state index contributed by atoms with van der Waals surface area (Å²) in [4.78, 5) is 23.3. The average molecular weight is 465 g/mol. The van der Waals surface area contributed by atoms with Gasteiger partial charge in [-0.3, -0.25) is 5.32 Å². The van der Waals surface area contributed by atoms with Crippen LogP contribution in [0.1, 0.15) is 60.7 Å². The fraction of sp³-hybridized carbons (Fsp3) is 0.522. The molecule has 6 nitrogen and oxygen atoms in total. The van der Waals surface area contributed by atoms with Gasteiger partial charge in [0.05, 0.1) is 17.0 Å². The third kappa shape index (κ3) is 7.51. The fourth-order valence-electron chi connectivity index (χ4n) is 3.51. The number of aromatic nitrogens is 1. The molecule has 0 unspecified atom stereocenters. The molecule has 1 aliphatic carbocycles. The molecule has 1 amide bonds. The summed E-state index contributed by atoms with van der Waals surface area (Å²) < 4.78 is 5.52. The highest BCUT2D eigenvalue weighted by Gasteiger charge is 2.18. The molecular weight excluding hydrogens is 432 g/mol. The van der Waals surface area contributed by atoms with Gasteiger partial charge >= 0.3 is 6.09 Å². The molecule has 0 radical (unpaired) electrons. The Kier molecular flexibility index (Phi) is 9.78. The molecular formula is C23H33ClN4O2S. The van der Waals surface area contributed by atoms with Crippen LogP contribution >= 0.6 is 23.7 Å². The molecule has 0 saturated heterocycles. The summed E-state index contributed by atoms with van der Waals surface area (Å²) >= 11 is 1.55. The number of aliphatic imine (C=N–C) groups is 1. The number of rotatable bonds is 7. The van der Waals surface area contributed by atoms with Gasteiger partial charge < -0.3 is 9.64 Å². The fourth-order valence-corrected chi connectivity index (χ4v) is 4.26. The van der Waals surface area contributed by atoms with Gasteiger partial charge in [-0.15, -0.1) is 23.7 Å². The molecule has 0 spiro atoms. The van der Waals surface area contributed by atoms with Crippen LogP contribution in [0.5, 0.6) is 0 Å². The maximum Gasteiger partial charge on any atom is 0.413 e. The number of amides is 1. The van der Waals surface area contributed by atoms with Crippen LogP contribution in [-0.2, 0) is 11.2 Å². The molecule has 1 aromatic carbocycles. The molecule has 31 heavy (non-hydrogen) atoms. The second-order valence-corrected chi connectivity index (χ2v) is 8.92. The summed E-state index contributed by atoms with van der Waals surface area (Å²) in [6.07, 6.45) is 7.67. The van der Waals surface area contributed by atoms with Crippen LogP contribution in [-0.4, -0.2) is 42.0 Å². The van der Waals surface area contributed by atoms with Crippen molar-refractivity contribution in [3.63, 3.8) is 0 Å². The zero-order chi connectivity index (χ0) is 21.5. The highest BCUT2D eigenvalue weighted by atomic mass is 35.5. The third-order valence-corrected chi connectivity index (χ3v) is 6.35. The van der Waals surface area contributed by atoms with Crippen LogP contribution < -0.4 is 5.32 Å². The first kappa shape index (κ1) is 25.1. The second kappa shape index (κ2) is 12.1. The SMILES string of the molecule is CCN(C)C=Nc1cc(C)c(Cc2nc(NC(=O)OC3CCCCC3)cs2)cc1C.Cl. The van der Waals surface area contributed by atoms with Gasteiger partial charge in [0.1, 0.15) is 11.9 Å². The zero-order valence-corrected chi connectivity index (χ0v) is 20.4. The number of anilines is 1. The molecule has 1 aliphatic rings. The van der Waals surface area contributed by atoms with Crippen molar-refractivity contribution in [2.24, 2.45) is 4.99 Å². The van der Waals surface area contributed by atoms with Crippen LogP contribution in [0.2, 0.25) is 0 Å². The molecule has 0 aliphatic heterocycles. The molecule has 1 saturated carbocycles. The molecule has 3 rings (SSSR count). The lowest BCUT2D eigenvalue weighted by Gasteiger charge is -2.21. The third-order valence-electron chi connectivity index (χ3n) is 5.50. The first-order valence-corrected chi connectivity index (χ1v) is 11.6. The molecule has 1 heterocycles. The minimum atomic E-state index is -0.398. The van der Waals surface area contributed by atoms with Gasteiger partial charge in [-0.05, 0) is 69.2 Å². The minimum absolute atomic E-state index is 0. The van der Waals surface area contributed by atoms with E-state index in [2.05, 4.69) is 48.2 Å². The minimum Gasteiger partial charge on any atom is -0.446 e. The Morgan fingerprint density at radius 1 is 1.29 bits per heavy atom. The normalized spacial score (nSPS) is 14.3. The zero-order valence-electron chi connectivity index (χ0n) is 18.8. The quantitative estimate of drug-likeness (QED) is 0.387. The number of benzene rings is 1. The number of hydrogen-bond acceptors (Lipinski definition) is 5. The molecule has 2 aromatic rings. The van der Waals surface area contributed by atoms with Gasteiger partial charge in [-0.2, -0.15) is 0 Å². The topological polar surface area (TPSA) is 66.8 Å². The lowest BCUT2D eigenvalue weighted by atomic mass is 9.98. The number of aryl methyl sites for hydroxylation is 2. The standard InChI is InChI=1S/C23H32N4O2S.ClH/c1-5-27(4)15-24-20-12-16(2)18(11-17(20)3)13-22-25-21(14-30-22)26-23(28)29-19-9-7-6-8-10-19;/h11-12,14-15,19H,5-10,13H2,1-4H3,(H,26,28);1H. The van der Waals surface area contributed by atoms with Gasteiger partial charge in [0, 0.05) is 25.4 Å². The highest BCUT2D eigenvalue weighted by molar-refractivity contribution is 7.10. The Balaban J connectivity index is 0.00000341. The number of ether oxygens (including phenoxy) is 1. The van der Waals surface area contributed by atoms with E-state index < -0.39 is 6.09 Å². The number of carbonyl (C=O) groups is 1. The van der Waals surface area contributed by atoms with E-state index in [1.54, 1.807) is 11.3 Å². The van der Waals surface area contributed by atoms with Gasteiger partial charge in [0.2, 0.25) is 0 Å². The summed E-state index contributed by atoms with van der Waals surface area (Å²) in [5.74, 6) is 0.564. The average Bonchev–Trinajstić information content (AvgIpc) is 3.16. The Morgan fingerprint density at radius 2 is 2.03 bits per heavy atom. The smallest absolute Gasteiger partial charge is 0.413 e. The summed E-state index contributed by atoms with van der Waals surface area (Å²) in [6, 6.07) is 4.30. The molecule has 1 aromatic heterocycles. The molecule has 8 heteroatoms. The molecule has 0 atom stereocenters. The van der Waals surface area contributed by atoms with E-state index in [1.165, 1.54) is 17.5 Å². The van der Waals surface area contributed by atoms with Gasteiger partial charge in [0.15, 0.2) is 0 Å². The van der Waals surface area contributed by atoms with Gasteiger partial charge in [-0.1, -0.05) is 12.5 Å². The highest BCUT2D eigenvalue weighted by Crippen LogP contribution is 2.27. The molecule has 0 bridgehead atoms. The largest absolute Gasteiger partial charge is 0.446 e. The Labute approximate surface area is 195 Å². The summed E-state index contributed by atoms with van der Waals surface area (Å²) in [7, 11) is 2.01. The van der Waals surface area contributed by atoms with Crippen molar-refractivity contribution in [2.45, 2.75) is 65.4 Å². The predicted octanol–water partition coefficient (Wildman–Crippen LogP) is 6.27. The maximum absolute atomic E-state index is 12.1.